The number of benzene rings is 2. The van der Waals surface area contributed by atoms with Gasteiger partial charge in [0.2, 0.25) is 21.8 Å². The van der Waals surface area contributed by atoms with Crippen LogP contribution in [0, 0.1) is 6.92 Å². The average Bonchev–Trinajstić information content (AvgIpc) is 2.71. The highest BCUT2D eigenvalue weighted by atomic mass is 35.5. The predicted octanol–water partition coefficient (Wildman–Crippen LogP) is 4.79. The number of nitrogens with zero attached hydrogens (tertiary/aromatic N) is 2. The lowest BCUT2D eigenvalue weighted by Crippen LogP contribution is -2.55. The molecule has 2 aromatic rings. The molecule has 2 amide bonds. The fourth-order valence-corrected chi connectivity index (χ4v) is 4.98. The molecule has 0 aliphatic heterocycles. The molecule has 2 rings (SSSR count). The van der Waals surface area contributed by atoms with Crippen LogP contribution in [0.5, 0.6) is 0 Å². The molecule has 0 bridgehead atoms. The third-order valence-corrected chi connectivity index (χ3v) is 7.09. The summed E-state index contributed by atoms with van der Waals surface area (Å²) in [5, 5.41) is 3.61. The van der Waals surface area contributed by atoms with Crippen molar-refractivity contribution in [1.29, 1.82) is 0 Å². The number of carbonyl (C=O) groups excluding carboxylic acids is 2. The van der Waals surface area contributed by atoms with E-state index in [0.29, 0.717) is 27.7 Å². The number of hydrogen-bond donors (Lipinski definition) is 1. The van der Waals surface area contributed by atoms with Gasteiger partial charge < -0.3 is 10.2 Å². The summed E-state index contributed by atoms with van der Waals surface area (Å²) in [4.78, 5) is 28.2. The highest BCUT2D eigenvalue weighted by Crippen LogP contribution is 2.28. The number of sulfonamides is 1. The molecule has 10 heteroatoms. The van der Waals surface area contributed by atoms with Gasteiger partial charge in [-0.05, 0) is 63.9 Å². The van der Waals surface area contributed by atoms with E-state index in [1.165, 1.54) is 4.90 Å². The Morgan fingerprint density at radius 1 is 1.06 bits per heavy atom. The molecule has 1 N–H and O–H groups in total. The Bertz CT molecular complexity index is 1160. The van der Waals surface area contributed by atoms with Gasteiger partial charge in [-0.25, -0.2) is 8.42 Å². The van der Waals surface area contributed by atoms with Gasteiger partial charge in [0.1, 0.15) is 12.6 Å². The van der Waals surface area contributed by atoms with Crippen molar-refractivity contribution < 1.29 is 18.0 Å². The summed E-state index contributed by atoms with van der Waals surface area (Å²) in [5.41, 5.74) is 1.16. The minimum absolute atomic E-state index is 0.0567. The van der Waals surface area contributed by atoms with Crippen LogP contribution in [0.4, 0.5) is 5.69 Å². The zero-order valence-electron chi connectivity index (χ0n) is 20.9. The van der Waals surface area contributed by atoms with Crippen molar-refractivity contribution in [3.63, 3.8) is 0 Å². The van der Waals surface area contributed by atoms with Crippen molar-refractivity contribution in [3.8, 4) is 0 Å². The molecule has 0 spiro atoms. The maximum absolute atomic E-state index is 13.7. The first-order chi connectivity index (χ1) is 16.1. The summed E-state index contributed by atoms with van der Waals surface area (Å²) in [6.45, 7) is 8.62. The number of hydrogen-bond acceptors (Lipinski definition) is 4. The first-order valence-electron chi connectivity index (χ1n) is 11.2. The lowest BCUT2D eigenvalue weighted by Gasteiger charge is -2.34. The second kappa shape index (κ2) is 11.6. The summed E-state index contributed by atoms with van der Waals surface area (Å²) >= 11 is 12.7. The SMILES string of the molecule is CCC(C(=O)NC(C)(C)C)N(Cc1c(Cl)cccc1Cl)C(=O)CN(c1cccc(C)c1)S(C)(=O)=O. The van der Waals surface area contributed by atoms with Gasteiger partial charge in [0.15, 0.2) is 0 Å². The van der Waals surface area contributed by atoms with E-state index in [-0.39, 0.29) is 12.5 Å². The minimum atomic E-state index is -3.80. The third kappa shape index (κ3) is 8.12. The Morgan fingerprint density at radius 3 is 2.11 bits per heavy atom. The Labute approximate surface area is 218 Å². The largest absolute Gasteiger partial charge is 0.350 e. The van der Waals surface area contributed by atoms with Crippen molar-refractivity contribution in [2.45, 2.75) is 59.2 Å². The van der Waals surface area contributed by atoms with Crippen LogP contribution < -0.4 is 9.62 Å². The number of amides is 2. The third-order valence-electron chi connectivity index (χ3n) is 5.24. The molecule has 192 valence electrons. The van der Waals surface area contributed by atoms with E-state index in [2.05, 4.69) is 5.32 Å². The van der Waals surface area contributed by atoms with Crippen LogP contribution in [0.3, 0.4) is 0 Å². The minimum Gasteiger partial charge on any atom is -0.350 e. The maximum atomic E-state index is 13.7. The van der Waals surface area contributed by atoms with Crippen LogP contribution in [0.2, 0.25) is 10.0 Å². The average molecular weight is 543 g/mol. The van der Waals surface area contributed by atoms with Gasteiger partial charge in [0.05, 0.1) is 11.9 Å². The molecule has 1 unspecified atom stereocenters. The normalized spacial score (nSPS) is 12.7. The monoisotopic (exact) mass is 541 g/mol. The molecule has 0 saturated carbocycles. The molecule has 0 aliphatic rings. The summed E-state index contributed by atoms with van der Waals surface area (Å²) in [6.07, 6.45) is 1.35. The zero-order valence-corrected chi connectivity index (χ0v) is 23.3. The smallest absolute Gasteiger partial charge is 0.244 e. The molecule has 0 heterocycles. The molecule has 0 radical (unpaired) electrons. The molecule has 1 atom stereocenters. The van der Waals surface area contributed by atoms with Crippen LogP contribution >= 0.6 is 23.2 Å². The van der Waals surface area contributed by atoms with E-state index in [1.54, 1.807) is 43.3 Å². The Kier molecular flexibility index (Phi) is 9.62. The molecule has 0 saturated heterocycles. The van der Waals surface area contributed by atoms with Gasteiger partial charge in [-0.1, -0.05) is 48.3 Å². The van der Waals surface area contributed by atoms with Crippen LogP contribution in [0.15, 0.2) is 42.5 Å². The van der Waals surface area contributed by atoms with Gasteiger partial charge >= 0.3 is 0 Å². The second-order valence-electron chi connectivity index (χ2n) is 9.49. The number of halogens is 2. The quantitative estimate of drug-likeness (QED) is 0.494. The zero-order chi connectivity index (χ0) is 26.6. The van der Waals surface area contributed by atoms with Crippen molar-refractivity contribution in [3.05, 3.63) is 63.6 Å². The molecular formula is C25H33Cl2N3O4S. The number of anilines is 1. The van der Waals surface area contributed by atoms with Crippen LogP contribution in [0.1, 0.15) is 45.2 Å². The molecule has 0 aromatic heterocycles. The van der Waals surface area contributed by atoms with Gasteiger partial charge in [-0.3, -0.25) is 13.9 Å². The van der Waals surface area contributed by atoms with Crippen molar-refractivity contribution in [2.24, 2.45) is 0 Å². The Morgan fingerprint density at radius 2 is 1.63 bits per heavy atom. The van der Waals surface area contributed by atoms with Gasteiger partial charge in [-0.15, -0.1) is 0 Å². The number of rotatable bonds is 9. The summed E-state index contributed by atoms with van der Waals surface area (Å²) in [6, 6.07) is 11.0. The fourth-order valence-electron chi connectivity index (χ4n) is 3.62. The molecule has 2 aromatic carbocycles. The molecular weight excluding hydrogens is 509 g/mol. The first kappa shape index (κ1) is 28.9. The van der Waals surface area contributed by atoms with Gasteiger partial charge in [-0.2, -0.15) is 0 Å². The predicted molar refractivity (Wildman–Crippen MR) is 142 cm³/mol. The molecule has 0 aliphatic carbocycles. The Balaban J connectivity index is 2.52. The molecule has 0 fully saturated rings. The number of nitrogens with one attached hydrogen (secondary N) is 1. The van der Waals surface area contributed by atoms with Crippen LogP contribution in [0.25, 0.3) is 0 Å². The maximum Gasteiger partial charge on any atom is 0.244 e. The lowest BCUT2D eigenvalue weighted by molar-refractivity contribution is -0.141. The molecule has 35 heavy (non-hydrogen) atoms. The van der Waals surface area contributed by atoms with Crippen LogP contribution in [-0.2, 0) is 26.2 Å². The van der Waals surface area contributed by atoms with Crippen molar-refractivity contribution >= 4 is 50.7 Å². The standard InChI is InChI=1S/C25H33Cl2N3O4S/c1-7-22(24(32)28-25(3,4)5)29(15-19-20(26)12-9-13-21(19)27)23(31)16-30(35(6,33)34)18-11-8-10-17(2)14-18/h8-14,22H,7,15-16H2,1-6H3,(H,28,32). The van der Waals surface area contributed by atoms with E-state index in [4.69, 9.17) is 23.2 Å². The first-order valence-corrected chi connectivity index (χ1v) is 13.8. The fraction of sp³-hybridized carbons (Fsp3) is 0.440. The summed E-state index contributed by atoms with van der Waals surface area (Å²) in [7, 11) is -3.80. The summed E-state index contributed by atoms with van der Waals surface area (Å²) < 4.78 is 26.4. The van der Waals surface area contributed by atoms with E-state index < -0.39 is 34.1 Å². The van der Waals surface area contributed by atoms with Crippen LogP contribution in [-0.4, -0.2) is 49.5 Å². The van der Waals surface area contributed by atoms with Crippen molar-refractivity contribution in [1.82, 2.24) is 10.2 Å². The topological polar surface area (TPSA) is 86.8 Å². The van der Waals surface area contributed by atoms with E-state index in [9.17, 15) is 18.0 Å². The van der Waals surface area contributed by atoms with E-state index >= 15 is 0 Å². The highest BCUT2D eigenvalue weighted by molar-refractivity contribution is 7.92. The lowest BCUT2D eigenvalue weighted by atomic mass is 10.1. The summed E-state index contributed by atoms with van der Waals surface area (Å²) in [5.74, 6) is -0.901. The number of carbonyl (C=O) groups is 2. The van der Waals surface area contributed by atoms with Crippen molar-refractivity contribution in [2.75, 3.05) is 17.1 Å². The highest BCUT2D eigenvalue weighted by Gasteiger charge is 2.33. The van der Waals surface area contributed by atoms with E-state index in [1.807, 2.05) is 33.8 Å². The van der Waals surface area contributed by atoms with Gasteiger partial charge in [0, 0.05) is 27.7 Å². The molecule has 7 nitrogen and oxygen atoms in total. The number of aryl methyl sites for hydroxylation is 1. The van der Waals surface area contributed by atoms with E-state index in [0.717, 1.165) is 16.1 Å². The van der Waals surface area contributed by atoms with Gasteiger partial charge in [0.25, 0.3) is 0 Å². The second-order valence-corrected chi connectivity index (χ2v) is 12.2. The Hall–Kier alpha value is -2.29.